The van der Waals surface area contributed by atoms with Crippen molar-refractivity contribution in [2.75, 3.05) is 23.3 Å². The SMILES string of the molecule is CCN(C(=O)c1cccc(NCC(=O)NCc2ccco2)c1)c1ccccc1. The van der Waals surface area contributed by atoms with E-state index in [-0.39, 0.29) is 18.4 Å². The van der Waals surface area contributed by atoms with E-state index in [9.17, 15) is 9.59 Å². The standard InChI is InChI=1S/C22H23N3O3/c1-2-25(19-10-4-3-5-11-19)22(27)17-8-6-9-18(14-17)23-16-21(26)24-15-20-12-7-13-28-20/h3-14,23H,2,15-16H2,1H3,(H,24,26). The lowest BCUT2D eigenvalue weighted by Gasteiger charge is -2.21. The highest BCUT2D eigenvalue weighted by atomic mass is 16.3. The smallest absolute Gasteiger partial charge is 0.258 e. The van der Waals surface area contributed by atoms with Crippen LogP contribution in [0.3, 0.4) is 0 Å². The Balaban J connectivity index is 1.60. The van der Waals surface area contributed by atoms with E-state index < -0.39 is 0 Å². The number of carbonyl (C=O) groups excluding carboxylic acids is 2. The molecule has 0 aliphatic rings. The van der Waals surface area contributed by atoms with Crippen LogP contribution in [-0.4, -0.2) is 24.9 Å². The maximum atomic E-state index is 12.9. The summed E-state index contributed by atoms with van der Waals surface area (Å²) in [5, 5.41) is 5.82. The van der Waals surface area contributed by atoms with Crippen molar-refractivity contribution in [3.63, 3.8) is 0 Å². The number of amides is 2. The number of hydrogen-bond donors (Lipinski definition) is 2. The fourth-order valence-corrected chi connectivity index (χ4v) is 2.81. The first-order valence-corrected chi connectivity index (χ1v) is 9.17. The molecular formula is C22H23N3O3. The van der Waals surface area contributed by atoms with E-state index in [0.29, 0.717) is 30.1 Å². The first-order chi connectivity index (χ1) is 13.7. The first-order valence-electron chi connectivity index (χ1n) is 9.17. The van der Waals surface area contributed by atoms with E-state index in [4.69, 9.17) is 4.42 Å². The van der Waals surface area contributed by atoms with E-state index in [1.165, 1.54) is 0 Å². The lowest BCUT2D eigenvalue weighted by Crippen LogP contribution is -2.31. The van der Waals surface area contributed by atoms with E-state index in [1.54, 1.807) is 41.5 Å². The lowest BCUT2D eigenvalue weighted by atomic mass is 10.1. The van der Waals surface area contributed by atoms with Crippen molar-refractivity contribution >= 4 is 23.2 Å². The van der Waals surface area contributed by atoms with Gasteiger partial charge in [0.2, 0.25) is 5.91 Å². The molecule has 1 aromatic heterocycles. The molecule has 2 aromatic carbocycles. The Morgan fingerprint density at radius 1 is 1.00 bits per heavy atom. The van der Waals surface area contributed by atoms with Crippen molar-refractivity contribution in [3.05, 3.63) is 84.3 Å². The summed E-state index contributed by atoms with van der Waals surface area (Å²) in [7, 11) is 0. The van der Waals surface area contributed by atoms with Gasteiger partial charge in [0, 0.05) is 23.5 Å². The Labute approximate surface area is 164 Å². The Hall–Kier alpha value is -3.54. The molecule has 6 heteroatoms. The monoisotopic (exact) mass is 377 g/mol. The van der Waals surface area contributed by atoms with Gasteiger partial charge in [0.15, 0.2) is 0 Å². The van der Waals surface area contributed by atoms with Crippen molar-refractivity contribution in [2.45, 2.75) is 13.5 Å². The average molecular weight is 377 g/mol. The van der Waals surface area contributed by atoms with Gasteiger partial charge in [-0.15, -0.1) is 0 Å². The number of nitrogens with one attached hydrogen (secondary N) is 2. The maximum absolute atomic E-state index is 12.9. The molecule has 3 aromatic rings. The van der Waals surface area contributed by atoms with Gasteiger partial charge in [0.05, 0.1) is 19.4 Å². The van der Waals surface area contributed by atoms with Crippen LogP contribution in [-0.2, 0) is 11.3 Å². The van der Waals surface area contributed by atoms with E-state index >= 15 is 0 Å². The zero-order valence-corrected chi connectivity index (χ0v) is 15.7. The highest BCUT2D eigenvalue weighted by Crippen LogP contribution is 2.18. The largest absolute Gasteiger partial charge is 0.467 e. The van der Waals surface area contributed by atoms with Crippen molar-refractivity contribution in [2.24, 2.45) is 0 Å². The molecule has 0 bridgehead atoms. The number of para-hydroxylation sites is 1. The summed E-state index contributed by atoms with van der Waals surface area (Å²) < 4.78 is 5.18. The fraction of sp³-hybridized carbons (Fsp3) is 0.182. The van der Waals surface area contributed by atoms with Gasteiger partial charge in [0.25, 0.3) is 5.91 Å². The minimum absolute atomic E-state index is 0.0837. The van der Waals surface area contributed by atoms with Gasteiger partial charge in [-0.1, -0.05) is 24.3 Å². The molecule has 0 aliphatic carbocycles. The maximum Gasteiger partial charge on any atom is 0.258 e. The van der Waals surface area contributed by atoms with Crippen molar-refractivity contribution in [1.29, 1.82) is 0 Å². The van der Waals surface area contributed by atoms with Crippen molar-refractivity contribution < 1.29 is 14.0 Å². The number of benzene rings is 2. The van der Waals surface area contributed by atoms with Gasteiger partial charge in [-0.2, -0.15) is 0 Å². The highest BCUT2D eigenvalue weighted by molar-refractivity contribution is 6.06. The summed E-state index contributed by atoms with van der Waals surface area (Å²) in [6, 6.07) is 20.3. The van der Waals surface area contributed by atoms with Crippen LogP contribution in [0.4, 0.5) is 11.4 Å². The summed E-state index contributed by atoms with van der Waals surface area (Å²) in [6.07, 6.45) is 1.57. The third kappa shape index (κ3) is 5.01. The quantitative estimate of drug-likeness (QED) is 0.628. The molecular weight excluding hydrogens is 354 g/mol. The van der Waals surface area contributed by atoms with Crippen LogP contribution in [0.1, 0.15) is 23.0 Å². The van der Waals surface area contributed by atoms with Crippen LogP contribution in [0.25, 0.3) is 0 Å². The molecule has 0 saturated carbocycles. The second-order valence-electron chi connectivity index (χ2n) is 6.18. The van der Waals surface area contributed by atoms with E-state index in [1.807, 2.05) is 43.3 Å². The molecule has 144 valence electrons. The van der Waals surface area contributed by atoms with Gasteiger partial charge in [-0.05, 0) is 49.4 Å². The predicted octanol–water partition coefficient (Wildman–Crippen LogP) is 3.67. The molecule has 0 aliphatic heterocycles. The zero-order valence-electron chi connectivity index (χ0n) is 15.7. The predicted molar refractivity (Wildman–Crippen MR) is 109 cm³/mol. The molecule has 0 fully saturated rings. The lowest BCUT2D eigenvalue weighted by molar-refractivity contribution is -0.119. The third-order valence-corrected chi connectivity index (χ3v) is 4.23. The molecule has 2 amide bonds. The summed E-state index contributed by atoms with van der Waals surface area (Å²) in [4.78, 5) is 26.6. The van der Waals surface area contributed by atoms with Crippen molar-refractivity contribution in [1.82, 2.24) is 5.32 Å². The zero-order chi connectivity index (χ0) is 19.8. The highest BCUT2D eigenvalue weighted by Gasteiger charge is 2.16. The number of anilines is 2. The summed E-state index contributed by atoms with van der Waals surface area (Å²) in [5.74, 6) is 0.453. The summed E-state index contributed by atoms with van der Waals surface area (Å²) in [5.41, 5.74) is 2.13. The third-order valence-electron chi connectivity index (χ3n) is 4.23. The molecule has 0 spiro atoms. The van der Waals surface area contributed by atoms with E-state index in [0.717, 1.165) is 5.69 Å². The normalized spacial score (nSPS) is 10.3. The number of carbonyl (C=O) groups is 2. The minimum atomic E-state index is -0.160. The van der Waals surface area contributed by atoms with Crippen LogP contribution in [0.5, 0.6) is 0 Å². The average Bonchev–Trinajstić information content (AvgIpc) is 3.26. The van der Waals surface area contributed by atoms with Crippen molar-refractivity contribution in [3.8, 4) is 0 Å². The van der Waals surface area contributed by atoms with Gasteiger partial charge in [-0.3, -0.25) is 9.59 Å². The van der Waals surface area contributed by atoms with Gasteiger partial charge in [-0.25, -0.2) is 0 Å². The Morgan fingerprint density at radius 2 is 1.82 bits per heavy atom. The molecule has 0 radical (unpaired) electrons. The minimum Gasteiger partial charge on any atom is -0.467 e. The summed E-state index contributed by atoms with van der Waals surface area (Å²) >= 11 is 0. The Kier molecular flexibility index (Phi) is 6.46. The van der Waals surface area contributed by atoms with Gasteiger partial charge >= 0.3 is 0 Å². The molecule has 0 unspecified atom stereocenters. The topological polar surface area (TPSA) is 74.6 Å². The second-order valence-corrected chi connectivity index (χ2v) is 6.18. The fourth-order valence-electron chi connectivity index (χ4n) is 2.81. The molecule has 1 heterocycles. The number of rotatable bonds is 8. The van der Waals surface area contributed by atoms with Crippen LogP contribution < -0.4 is 15.5 Å². The van der Waals surface area contributed by atoms with Gasteiger partial charge in [0.1, 0.15) is 5.76 Å². The molecule has 0 saturated heterocycles. The van der Waals surface area contributed by atoms with Crippen LogP contribution in [0.2, 0.25) is 0 Å². The van der Waals surface area contributed by atoms with E-state index in [2.05, 4.69) is 10.6 Å². The second kappa shape index (κ2) is 9.41. The Bertz CT molecular complexity index is 908. The van der Waals surface area contributed by atoms with Gasteiger partial charge < -0.3 is 20.0 Å². The number of nitrogens with zero attached hydrogens (tertiary/aromatic N) is 1. The molecule has 3 rings (SSSR count). The molecule has 6 nitrogen and oxygen atoms in total. The number of hydrogen-bond acceptors (Lipinski definition) is 4. The van der Waals surface area contributed by atoms with Crippen LogP contribution in [0.15, 0.2) is 77.4 Å². The molecule has 28 heavy (non-hydrogen) atoms. The van der Waals surface area contributed by atoms with Crippen LogP contribution >= 0.6 is 0 Å². The molecule has 0 atom stereocenters. The Morgan fingerprint density at radius 3 is 2.54 bits per heavy atom. The first kappa shape index (κ1) is 19.2. The molecule has 2 N–H and O–H groups in total. The summed E-state index contributed by atoms with van der Waals surface area (Å²) in [6.45, 7) is 2.95. The van der Waals surface area contributed by atoms with Crippen LogP contribution in [0, 0.1) is 0 Å². The number of furan rings is 1.